The van der Waals surface area contributed by atoms with Crippen molar-refractivity contribution in [3.05, 3.63) is 42.4 Å². The Hall–Kier alpha value is -0.820. The van der Waals surface area contributed by atoms with Crippen LogP contribution < -0.4 is 5.32 Å². The van der Waals surface area contributed by atoms with Gasteiger partial charge in [0.1, 0.15) is 0 Å². The van der Waals surface area contributed by atoms with Crippen LogP contribution in [0, 0.1) is 7.05 Å². The number of rotatable bonds is 1. The standard InChI is InChI=1S/C10H13N/c1-11-10-7-6-8-4-2-3-5-9(8)10/h2-5,10H,1,6-7,11H2/t10-/m1/s1. The molecule has 0 aromatic heterocycles. The molecule has 0 unspecified atom stereocenters. The highest BCUT2D eigenvalue weighted by atomic mass is 14.9. The Bertz CT molecular complexity index is 255. The molecule has 0 saturated heterocycles. The number of hydrogen-bond donors (Lipinski definition) is 1. The van der Waals surface area contributed by atoms with E-state index in [2.05, 4.69) is 36.6 Å². The quantitative estimate of drug-likeness (QED) is 0.571. The molecule has 1 aliphatic rings. The number of hydrogen-bond acceptors (Lipinski definition) is 0. The molecule has 0 heterocycles. The van der Waals surface area contributed by atoms with Crippen LogP contribution in [0.25, 0.3) is 0 Å². The third-order valence-corrected chi connectivity index (χ3v) is 2.46. The largest absolute Gasteiger partial charge is 0.473 e. The predicted molar refractivity (Wildman–Crippen MR) is 44.8 cm³/mol. The number of benzene rings is 1. The molecule has 2 rings (SSSR count). The fourth-order valence-electron chi connectivity index (χ4n) is 1.83. The van der Waals surface area contributed by atoms with Gasteiger partial charge in [0.25, 0.3) is 0 Å². The number of quaternary nitrogens is 1. The van der Waals surface area contributed by atoms with E-state index in [0.29, 0.717) is 6.04 Å². The fraction of sp³-hybridized carbons (Fsp3) is 0.300. The molecule has 0 saturated carbocycles. The molecule has 1 aromatic carbocycles. The Morgan fingerprint density at radius 1 is 1.36 bits per heavy atom. The molecule has 1 nitrogen and oxygen atoms in total. The van der Waals surface area contributed by atoms with Crippen molar-refractivity contribution < 1.29 is 5.32 Å². The van der Waals surface area contributed by atoms with Crippen molar-refractivity contribution in [3.63, 3.8) is 0 Å². The molecule has 0 amide bonds. The summed E-state index contributed by atoms with van der Waals surface area (Å²) in [5.74, 6) is 0. The summed E-state index contributed by atoms with van der Waals surface area (Å²) in [6.45, 7) is 0. The van der Waals surface area contributed by atoms with Gasteiger partial charge in [0.2, 0.25) is 0 Å². The number of fused-ring (bicyclic) bond motifs is 1. The molecular formula is C10H13N. The second-order valence-electron chi connectivity index (χ2n) is 3.08. The molecule has 0 aliphatic heterocycles. The van der Waals surface area contributed by atoms with Crippen molar-refractivity contribution in [1.82, 2.24) is 0 Å². The smallest absolute Gasteiger partial charge is 0.0882 e. The summed E-state index contributed by atoms with van der Waals surface area (Å²) in [6, 6.07) is 9.28. The fourth-order valence-corrected chi connectivity index (χ4v) is 1.83. The lowest BCUT2D eigenvalue weighted by atomic mass is 10.1. The van der Waals surface area contributed by atoms with Crippen molar-refractivity contribution in [3.8, 4) is 0 Å². The minimum Gasteiger partial charge on any atom is -0.473 e. The average Bonchev–Trinajstić information content (AvgIpc) is 2.47. The van der Waals surface area contributed by atoms with Crippen LogP contribution in [0.2, 0.25) is 0 Å². The maximum atomic E-state index is 3.84. The maximum Gasteiger partial charge on any atom is 0.0882 e. The molecule has 1 aliphatic carbocycles. The van der Waals surface area contributed by atoms with Crippen LogP contribution in [-0.2, 0) is 6.42 Å². The van der Waals surface area contributed by atoms with E-state index < -0.39 is 0 Å². The Kier molecular flexibility index (Phi) is 1.66. The van der Waals surface area contributed by atoms with Crippen LogP contribution in [-0.4, -0.2) is 0 Å². The molecule has 2 N–H and O–H groups in total. The summed E-state index contributed by atoms with van der Waals surface area (Å²) in [5, 5.41) is 2.06. The molecule has 11 heavy (non-hydrogen) atoms. The Labute approximate surface area is 67.4 Å². The highest BCUT2D eigenvalue weighted by Crippen LogP contribution is 2.27. The second kappa shape index (κ2) is 2.67. The van der Waals surface area contributed by atoms with E-state index in [1.54, 1.807) is 0 Å². The first kappa shape index (κ1) is 6.86. The molecule has 0 radical (unpaired) electrons. The van der Waals surface area contributed by atoms with E-state index in [9.17, 15) is 0 Å². The van der Waals surface area contributed by atoms with Crippen LogP contribution in [0.4, 0.5) is 0 Å². The molecule has 0 fully saturated rings. The maximum absolute atomic E-state index is 3.84. The normalized spacial score (nSPS) is 21.7. The Balaban J connectivity index is 2.39. The first-order valence-electron chi connectivity index (χ1n) is 4.12. The first-order chi connectivity index (χ1) is 5.42. The highest BCUT2D eigenvalue weighted by Gasteiger charge is 2.20. The molecular weight excluding hydrogens is 134 g/mol. The SMILES string of the molecule is [CH2-][NH2+][C@@H]1CCc2ccccc21. The van der Waals surface area contributed by atoms with Gasteiger partial charge in [-0.2, -0.15) is 7.05 Å². The molecule has 1 heteroatoms. The van der Waals surface area contributed by atoms with Crippen molar-refractivity contribution in [1.29, 1.82) is 0 Å². The van der Waals surface area contributed by atoms with Gasteiger partial charge < -0.3 is 5.32 Å². The summed E-state index contributed by atoms with van der Waals surface area (Å²) in [7, 11) is 3.84. The number of nitrogens with two attached hydrogens (primary N) is 1. The molecule has 58 valence electrons. The van der Waals surface area contributed by atoms with Crippen molar-refractivity contribution in [2.24, 2.45) is 0 Å². The van der Waals surface area contributed by atoms with Gasteiger partial charge in [-0.3, -0.25) is 0 Å². The van der Waals surface area contributed by atoms with Gasteiger partial charge >= 0.3 is 0 Å². The van der Waals surface area contributed by atoms with E-state index in [-0.39, 0.29) is 0 Å². The van der Waals surface area contributed by atoms with Gasteiger partial charge in [0.15, 0.2) is 0 Å². The zero-order valence-electron chi connectivity index (χ0n) is 6.59. The minimum atomic E-state index is 0.617. The van der Waals surface area contributed by atoms with Gasteiger partial charge in [-0.15, -0.1) is 0 Å². The van der Waals surface area contributed by atoms with E-state index in [1.807, 2.05) is 0 Å². The Morgan fingerprint density at radius 2 is 2.18 bits per heavy atom. The van der Waals surface area contributed by atoms with Crippen LogP contribution in [0.3, 0.4) is 0 Å². The van der Waals surface area contributed by atoms with Gasteiger partial charge in [-0.1, -0.05) is 24.3 Å². The average molecular weight is 147 g/mol. The predicted octanol–water partition coefficient (Wildman–Crippen LogP) is 1.03. The zero-order chi connectivity index (χ0) is 7.68. The van der Waals surface area contributed by atoms with Crippen molar-refractivity contribution >= 4 is 0 Å². The summed E-state index contributed by atoms with van der Waals surface area (Å²) in [6.07, 6.45) is 2.48. The lowest BCUT2D eigenvalue weighted by molar-refractivity contribution is -0.640. The highest BCUT2D eigenvalue weighted by molar-refractivity contribution is 5.32. The third-order valence-electron chi connectivity index (χ3n) is 2.46. The monoisotopic (exact) mass is 147 g/mol. The summed E-state index contributed by atoms with van der Waals surface area (Å²) < 4.78 is 0. The van der Waals surface area contributed by atoms with Gasteiger partial charge in [-0.25, -0.2) is 0 Å². The lowest BCUT2D eigenvalue weighted by Gasteiger charge is -2.09. The van der Waals surface area contributed by atoms with Crippen LogP contribution in [0.1, 0.15) is 23.6 Å². The van der Waals surface area contributed by atoms with E-state index in [0.717, 1.165) is 0 Å². The summed E-state index contributed by atoms with van der Waals surface area (Å²) >= 11 is 0. The second-order valence-corrected chi connectivity index (χ2v) is 3.08. The van der Waals surface area contributed by atoms with Crippen molar-refractivity contribution in [2.75, 3.05) is 0 Å². The van der Waals surface area contributed by atoms with Crippen LogP contribution in [0.15, 0.2) is 24.3 Å². The molecule has 1 atom stereocenters. The summed E-state index contributed by atoms with van der Waals surface area (Å²) in [5.41, 5.74) is 3.00. The van der Waals surface area contributed by atoms with E-state index in [4.69, 9.17) is 0 Å². The van der Waals surface area contributed by atoms with Gasteiger partial charge in [0.05, 0.1) is 6.04 Å². The Morgan fingerprint density at radius 3 is 3.00 bits per heavy atom. The number of aryl methyl sites for hydroxylation is 1. The van der Waals surface area contributed by atoms with Gasteiger partial charge in [0, 0.05) is 12.0 Å². The molecule has 0 bridgehead atoms. The van der Waals surface area contributed by atoms with Crippen LogP contribution in [0.5, 0.6) is 0 Å². The van der Waals surface area contributed by atoms with Crippen LogP contribution >= 0.6 is 0 Å². The topological polar surface area (TPSA) is 16.6 Å². The van der Waals surface area contributed by atoms with Gasteiger partial charge in [-0.05, 0) is 12.0 Å². The van der Waals surface area contributed by atoms with E-state index in [1.165, 1.54) is 24.0 Å². The third kappa shape index (κ3) is 1.05. The van der Waals surface area contributed by atoms with E-state index >= 15 is 0 Å². The summed E-state index contributed by atoms with van der Waals surface area (Å²) in [4.78, 5) is 0. The van der Waals surface area contributed by atoms with Crippen molar-refractivity contribution in [2.45, 2.75) is 18.9 Å². The zero-order valence-corrected chi connectivity index (χ0v) is 6.59. The lowest BCUT2D eigenvalue weighted by Crippen LogP contribution is -2.77. The molecule has 1 aromatic rings. The minimum absolute atomic E-state index is 0.617. The molecule has 0 spiro atoms. The first-order valence-corrected chi connectivity index (χ1v) is 4.12.